The number of aromatic nitrogens is 2. The monoisotopic (exact) mass is 629 g/mol. The molecule has 3 aromatic rings. The summed E-state index contributed by atoms with van der Waals surface area (Å²) >= 11 is 12.3. The van der Waals surface area contributed by atoms with Gasteiger partial charge in [0, 0.05) is 23.7 Å². The van der Waals surface area contributed by atoms with E-state index < -0.39 is 47.0 Å². The first-order valence-electron chi connectivity index (χ1n) is 13.4. The second-order valence-electron chi connectivity index (χ2n) is 11.7. The van der Waals surface area contributed by atoms with Crippen molar-refractivity contribution in [1.29, 1.82) is 0 Å². The standard InChI is InChI=1S/C30H30Cl2FN5O5/c1-29(2,3)12-20-30(16-13-34-28(32)38-24(16)37-27(30)41)21(15-7-6-8-17(31)22(15)33)23(36-20)25(39)35-18-10-9-14(26(40)43-5)11-19(18)42-4/h6-11,13,20-21,23,36H,12H2,1-5H3,(H,35,39)(H,34,37,38,41)/t20-,21-,23+,30+/m0/s1. The van der Waals surface area contributed by atoms with Crippen molar-refractivity contribution in [2.24, 2.45) is 5.41 Å². The van der Waals surface area contributed by atoms with Crippen LogP contribution in [0.25, 0.3) is 0 Å². The molecule has 0 unspecified atom stereocenters. The minimum absolute atomic E-state index is 0.0718. The Morgan fingerprint density at radius 1 is 1.16 bits per heavy atom. The molecule has 226 valence electrons. The molecule has 0 radical (unpaired) electrons. The minimum atomic E-state index is -1.51. The molecule has 43 heavy (non-hydrogen) atoms. The van der Waals surface area contributed by atoms with Crippen LogP contribution >= 0.6 is 23.2 Å². The molecule has 0 bridgehead atoms. The average molecular weight is 631 g/mol. The molecule has 4 atom stereocenters. The number of hydrogen-bond donors (Lipinski definition) is 3. The van der Waals surface area contributed by atoms with E-state index in [1.807, 2.05) is 20.8 Å². The van der Waals surface area contributed by atoms with Crippen LogP contribution in [0.15, 0.2) is 42.6 Å². The lowest BCUT2D eigenvalue weighted by atomic mass is 9.63. The number of amides is 2. The van der Waals surface area contributed by atoms with Crippen LogP contribution in [0.4, 0.5) is 15.9 Å². The van der Waals surface area contributed by atoms with Gasteiger partial charge in [0.05, 0.1) is 36.5 Å². The largest absolute Gasteiger partial charge is 0.495 e. The Labute approximate surface area is 257 Å². The summed E-state index contributed by atoms with van der Waals surface area (Å²) in [6.45, 7) is 6.01. The van der Waals surface area contributed by atoms with Crippen LogP contribution in [0.3, 0.4) is 0 Å². The molecule has 1 spiro atoms. The molecule has 2 aliphatic rings. The molecule has 0 saturated carbocycles. The number of anilines is 2. The lowest BCUT2D eigenvalue weighted by Crippen LogP contribution is -2.49. The Balaban J connectivity index is 1.68. The fourth-order valence-corrected chi connectivity index (χ4v) is 6.48. The van der Waals surface area contributed by atoms with Crippen LogP contribution in [-0.4, -0.2) is 54.1 Å². The van der Waals surface area contributed by atoms with E-state index >= 15 is 4.39 Å². The van der Waals surface area contributed by atoms with Gasteiger partial charge in [-0.05, 0) is 53.3 Å². The molecule has 0 aliphatic carbocycles. The zero-order valence-electron chi connectivity index (χ0n) is 24.1. The van der Waals surface area contributed by atoms with Crippen LogP contribution in [0.1, 0.15) is 54.6 Å². The van der Waals surface area contributed by atoms with E-state index in [2.05, 4.69) is 25.9 Å². The van der Waals surface area contributed by atoms with Crippen LogP contribution < -0.4 is 20.7 Å². The maximum atomic E-state index is 15.9. The van der Waals surface area contributed by atoms with Crippen LogP contribution in [0.2, 0.25) is 10.3 Å². The van der Waals surface area contributed by atoms with Gasteiger partial charge in [0.2, 0.25) is 17.1 Å². The number of nitrogens with zero attached hydrogens (tertiary/aromatic N) is 2. The zero-order chi connectivity index (χ0) is 31.3. The summed E-state index contributed by atoms with van der Waals surface area (Å²) in [5.41, 5.74) is -0.897. The summed E-state index contributed by atoms with van der Waals surface area (Å²) in [5.74, 6) is -3.07. The third kappa shape index (κ3) is 5.30. The number of methoxy groups -OCH3 is 2. The third-order valence-electron chi connectivity index (χ3n) is 7.86. The van der Waals surface area contributed by atoms with Gasteiger partial charge in [-0.3, -0.25) is 9.59 Å². The number of benzene rings is 2. The van der Waals surface area contributed by atoms with E-state index in [0.29, 0.717) is 12.0 Å². The maximum absolute atomic E-state index is 15.9. The van der Waals surface area contributed by atoms with Gasteiger partial charge in [0.1, 0.15) is 22.8 Å². The highest BCUT2D eigenvalue weighted by Crippen LogP contribution is 2.56. The van der Waals surface area contributed by atoms with Gasteiger partial charge in [-0.2, -0.15) is 0 Å². The number of carbonyl (C=O) groups is 3. The van der Waals surface area contributed by atoms with Crippen molar-refractivity contribution in [2.75, 3.05) is 24.9 Å². The number of nitrogens with one attached hydrogen (secondary N) is 3. The van der Waals surface area contributed by atoms with Crippen molar-refractivity contribution < 1.29 is 28.2 Å². The molecule has 10 nitrogen and oxygen atoms in total. The molecule has 1 saturated heterocycles. The number of esters is 1. The SMILES string of the molecule is COC(=O)c1ccc(NC(=O)[C@@H]2N[C@@H](CC(C)(C)C)[C@@]3(C(=O)Nc4nc(Cl)ncc43)[C@H]2c2cccc(Cl)c2F)c(OC)c1. The van der Waals surface area contributed by atoms with E-state index in [-0.39, 0.29) is 44.1 Å². The first kappa shape index (κ1) is 30.7. The molecule has 2 aromatic carbocycles. The van der Waals surface area contributed by atoms with E-state index in [1.54, 1.807) is 6.07 Å². The van der Waals surface area contributed by atoms with E-state index in [9.17, 15) is 14.4 Å². The summed E-state index contributed by atoms with van der Waals surface area (Å²) in [6, 6.07) is 7.09. The molecular formula is C30H30Cl2FN5O5. The van der Waals surface area contributed by atoms with Crippen molar-refractivity contribution in [3.05, 3.63) is 75.4 Å². The summed E-state index contributed by atoms with van der Waals surface area (Å²) in [4.78, 5) is 48.8. The van der Waals surface area contributed by atoms with Gasteiger partial charge >= 0.3 is 5.97 Å². The lowest BCUT2D eigenvalue weighted by Gasteiger charge is -2.37. The van der Waals surface area contributed by atoms with E-state index in [1.165, 1.54) is 50.7 Å². The fourth-order valence-electron chi connectivity index (χ4n) is 6.17. The van der Waals surface area contributed by atoms with E-state index in [0.717, 1.165) is 0 Å². The molecule has 1 aromatic heterocycles. The maximum Gasteiger partial charge on any atom is 0.337 e. The Kier molecular flexibility index (Phi) is 8.10. The van der Waals surface area contributed by atoms with Crippen molar-refractivity contribution in [1.82, 2.24) is 15.3 Å². The second-order valence-corrected chi connectivity index (χ2v) is 12.4. The van der Waals surface area contributed by atoms with Gasteiger partial charge in [0.25, 0.3) is 0 Å². The Hall–Kier alpha value is -3.80. The summed E-state index contributed by atoms with van der Waals surface area (Å²) in [7, 11) is 2.65. The van der Waals surface area contributed by atoms with Crippen LogP contribution in [0, 0.1) is 11.2 Å². The molecule has 1 fully saturated rings. The zero-order valence-corrected chi connectivity index (χ0v) is 25.6. The highest BCUT2D eigenvalue weighted by molar-refractivity contribution is 6.30. The van der Waals surface area contributed by atoms with Crippen molar-refractivity contribution in [3.8, 4) is 5.75 Å². The third-order valence-corrected chi connectivity index (χ3v) is 8.34. The number of ether oxygens (including phenoxy) is 2. The first-order chi connectivity index (χ1) is 20.3. The van der Waals surface area contributed by atoms with Crippen LogP contribution in [0.5, 0.6) is 5.75 Å². The molecule has 2 amide bonds. The van der Waals surface area contributed by atoms with Crippen molar-refractivity contribution >= 4 is 52.5 Å². The molecule has 2 aliphatic heterocycles. The highest BCUT2D eigenvalue weighted by Gasteiger charge is 2.67. The van der Waals surface area contributed by atoms with Gasteiger partial charge in [-0.25, -0.2) is 19.2 Å². The molecule has 5 rings (SSSR count). The van der Waals surface area contributed by atoms with Gasteiger partial charge < -0.3 is 25.4 Å². The predicted molar refractivity (Wildman–Crippen MR) is 159 cm³/mol. The van der Waals surface area contributed by atoms with E-state index in [4.69, 9.17) is 32.7 Å². The Morgan fingerprint density at radius 3 is 2.58 bits per heavy atom. The first-order valence-corrected chi connectivity index (χ1v) is 14.2. The smallest absolute Gasteiger partial charge is 0.337 e. The topological polar surface area (TPSA) is 132 Å². The average Bonchev–Trinajstić information content (AvgIpc) is 3.43. The summed E-state index contributed by atoms with van der Waals surface area (Å²) < 4.78 is 26.1. The van der Waals surface area contributed by atoms with Crippen molar-refractivity contribution in [2.45, 2.75) is 50.6 Å². The lowest BCUT2D eigenvalue weighted by molar-refractivity contribution is -0.122. The highest BCUT2D eigenvalue weighted by atomic mass is 35.5. The Morgan fingerprint density at radius 2 is 1.91 bits per heavy atom. The number of hydrogen-bond acceptors (Lipinski definition) is 8. The Bertz CT molecular complexity index is 1630. The van der Waals surface area contributed by atoms with Gasteiger partial charge in [-0.15, -0.1) is 0 Å². The predicted octanol–water partition coefficient (Wildman–Crippen LogP) is 5.11. The number of halogens is 3. The minimum Gasteiger partial charge on any atom is -0.495 e. The normalized spacial score (nSPS) is 22.7. The molecule has 3 N–H and O–H groups in total. The molecule has 13 heteroatoms. The fraction of sp³-hybridized carbons (Fsp3) is 0.367. The molecular weight excluding hydrogens is 600 g/mol. The second kappa shape index (κ2) is 11.4. The quantitative estimate of drug-likeness (QED) is 0.253. The van der Waals surface area contributed by atoms with Gasteiger partial charge in [-0.1, -0.05) is 44.5 Å². The van der Waals surface area contributed by atoms with Crippen LogP contribution in [-0.2, 0) is 19.7 Å². The summed E-state index contributed by atoms with van der Waals surface area (Å²) in [6.07, 6.45) is 1.87. The molecule has 3 heterocycles. The number of carbonyl (C=O) groups excluding carboxylic acids is 3. The van der Waals surface area contributed by atoms with Gasteiger partial charge in [0.15, 0.2) is 0 Å². The summed E-state index contributed by atoms with van der Waals surface area (Å²) in [5, 5.41) is 8.79. The number of fused-ring (bicyclic) bond motifs is 2. The number of rotatable bonds is 6. The van der Waals surface area contributed by atoms with Crippen molar-refractivity contribution in [3.63, 3.8) is 0 Å².